The van der Waals surface area contributed by atoms with E-state index in [0.717, 1.165) is 64.9 Å². The highest BCUT2D eigenvalue weighted by atomic mass is 16.2. The standard InChI is InChI=1S/C19H27N3O2/c23-16-21-12-10-20(11-13-21)15-19(24)22-8-6-18(7-9-22)14-17-4-2-1-3-5-17/h1-5,16,18H,6-15H2. The molecule has 2 aliphatic rings. The molecule has 2 heterocycles. The Morgan fingerprint density at radius 3 is 2.29 bits per heavy atom. The second kappa shape index (κ2) is 8.29. The van der Waals surface area contributed by atoms with Gasteiger partial charge in [0.05, 0.1) is 6.54 Å². The Kier molecular flexibility index (Phi) is 5.86. The molecule has 0 atom stereocenters. The summed E-state index contributed by atoms with van der Waals surface area (Å²) in [6, 6.07) is 10.6. The van der Waals surface area contributed by atoms with Gasteiger partial charge in [-0.3, -0.25) is 14.5 Å². The third-order valence-electron chi connectivity index (χ3n) is 5.25. The molecule has 1 aromatic carbocycles. The van der Waals surface area contributed by atoms with Crippen LogP contribution in [0.25, 0.3) is 0 Å². The normalized spacial score (nSPS) is 20.2. The molecule has 5 nitrogen and oxygen atoms in total. The van der Waals surface area contributed by atoms with Gasteiger partial charge in [0.25, 0.3) is 0 Å². The van der Waals surface area contributed by atoms with E-state index >= 15 is 0 Å². The molecule has 2 fully saturated rings. The van der Waals surface area contributed by atoms with E-state index in [-0.39, 0.29) is 5.91 Å². The Balaban J connectivity index is 1.40. The van der Waals surface area contributed by atoms with Gasteiger partial charge < -0.3 is 9.80 Å². The highest BCUT2D eigenvalue weighted by Gasteiger charge is 2.25. The SMILES string of the molecule is O=CN1CCN(CC(=O)N2CCC(Cc3ccccc3)CC2)CC1. The van der Waals surface area contributed by atoms with E-state index in [9.17, 15) is 9.59 Å². The second-order valence-corrected chi connectivity index (χ2v) is 6.93. The summed E-state index contributed by atoms with van der Waals surface area (Å²) in [5.74, 6) is 0.931. The molecule has 0 aliphatic carbocycles. The molecule has 0 spiro atoms. The number of hydrogen-bond acceptors (Lipinski definition) is 3. The third-order valence-corrected chi connectivity index (χ3v) is 5.25. The lowest BCUT2D eigenvalue weighted by molar-refractivity contribution is -0.134. The van der Waals surface area contributed by atoms with Crippen molar-refractivity contribution in [3.8, 4) is 0 Å². The minimum absolute atomic E-state index is 0.243. The Morgan fingerprint density at radius 2 is 1.67 bits per heavy atom. The van der Waals surface area contributed by atoms with Crippen LogP contribution in [-0.4, -0.2) is 72.8 Å². The summed E-state index contributed by atoms with van der Waals surface area (Å²) >= 11 is 0. The van der Waals surface area contributed by atoms with Gasteiger partial charge in [0.15, 0.2) is 0 Å². The van der Waals surface area contributed by atoms with Gasteiger partial charge in [-0.05, 0) is 30.7 Å². The fraction of sp³-hybridized carbons (Fsp3) is 0.579. The topological polar surface area (TPSA) is 43.9 Å². The second-order valence-electron chi connectivity index (χ2n) is 6.93. The molecular weight excluding hydrogens is 302 g/mol. The van der Waals surface area contributed by atoms with E-state index in [4.69, 9.17) is 0 Å². The van der Waals surface area contributed by atoms with Gasteiger partial charge in [0, 0.05) is 39.3 Å². The zero-order chi connectivity index (χ0) is 16.8. The van der Waals surface area contributed by atoms with Crippen molar-refractivity contribution in [3.05, 3.63) is 35.9 Å². The Morgan fingerprint density at radius 1 is 1.00 bits per heavy atom. The Labute approximate surface area is 144 Å². The molecule has 2 aliphatic heterocycles. The summed E-state index contributed by atoms with van der Waals surface area (Å²) in [4.78, 5) is 29.2. The molecule has 2 amide bonds. The summed E-state index contributed by atoms with van der Waals surface area (Å²) in [6.07, 6.45) is 4.21. The highest BCUT2D eigenvalue weighted by molar-refractivity contribution is 5.78. The first-order valence-corrected chi connectivity index (χ1v) is 8.98. The Hall–Kier alpha value is -1.88. The van der Waals surface area contributed by atoms with Crippen LogP contribution in [-0.2, 0) is 16.0 Å². The monoisotopic (exact) mass is 329 g/mol. The number of nitrogens with zero attached hydrogens (tertiary/aromatic N) is 3. The zero-order valence-corrected chi connectivity index (χ0v) is 14.3. The first-order valence-electron chi connectivity index (χ1n) is 8.98. The maximum atomic E-state index is 12.5. The van der Waals surface area contributed by atoms with E-state index in [0.29, 0.717) is 12.5 Å². The number of rotatable bonds is 5. The number of piperidine rings is 1. The van der Waals surface area contributed by atoms with Crippen LogP contribution in [0.1, 0.15) is 18.4 Å². The first-order chi connectivity index (χ1) is 11.7. The van der Waals surface area contributed by atoms with Gasteiger partial charge in [-0.1, -0.05) is 30.3 Å². The lowest BCUT2D eigenvalue weighted by atomic mass is 9.90. The van der Waals surface area contributed by atoms with E-state index in [2.05, 4.69) is 35.2 Å². The van der Waals surface area contributed by atoms with Crippen molar-refractivity contribution in [1.29, 1.82) is 0 Å². The van der Waals surface area contributed by atoms with Crippen LogP contribution in [0.2, 0.25) is 0 Å². The van der Waals surface area contributed by atoms with Crippen molar-refractivity contribution >= 4 is 12.3 Å². The molecule has 24 heavy (non-hydrogen) atoms. The van der Waals surface area contributed by atoms with Crippen LogP contribution < -0.4 is 0 Å². The molecule has 0 radical (unpaired) electrons. The van der Waals surface area contributed by atoms with Gasteiger partial charge in [0.1, 0.15) is 0 Å². The van der Waals surface area contributed by atoms with Crippen LogP contribution in [0.3, 0.4) is 0 Å². The van der Waals surface area contributed by atoms with Crippen molar-refractivity contribution in [2.24, 2.45) is 5.92 Å². The van der Waals surface area contributed by atoms with Gasteiger partial charge >= 0.3 is 0 Å². The molecule has 0 N–H and O–H groups in total. The largest absolute Gasteiger partial charge is 0.343 e. The molecule has 2 saturated heterocycles. The van der Waals surface area contributed by atoms with Gasteiger partial charge in [0.2, 0.25) is 12.3 Å². The fourth-order valence-corrected chi connectivity index (χ4v) is 3.65. The van der Waals surface area contributed by atoms with Crippen molar-refractivity contribution < 1.29 is 9.59 Å². The van der Waals surface area contributed by atoms with Crippen LogP contribution in [0, 0.1) is 5.92 Å². The van der Waals surface area contributed by atoms with E-state index in [1.54, 1.807) is 4.90 Å². The van der Waals surface area contributed by atoms with Crippen LogP contribution in [0.4, 0.5) is 0 Å². The van der Waals surface area contributed by atoms with Crippen molar-refractivity contribution in [1.82, 2.24) is 14.7 Å². The molecular formula is C19H27N3O2. The number of hydrogen-bond donors (Lipinski definition) is 0. The zero-order valence-electron chi connectivity index (χ0n) is 14.3. The van der Waals surface area contributed by atoms with Gasteiger partial charge in [-0.2, -0.15) is 0 Å². The molecule has 5 heteroatoms. The third kappa shape index (κ3) is 4.57. The summed E-state index contributed by atoms with van der Waals surface area (Å²) in [6.45, 7) is 5.32. The van der Waals surface area contributed by atoms with E-state index < -0.39 is 0 Å². The number of amides is 2. The molecule has 0 aromatic heterocycles. The molecule has 0 unspecified atom stereocenters. The van der Waals surface area contributed by atoms with Crippen LogP contribution in [0.15, 0.2) is 30.3 Å². The van der Waals surface area contributed by atoms with Crippen LogP contribution in [0.5, 0.6) is 0 Å². The average molecular weight is 329 g/mol. The number of likely N-dealkylation sites (tertiary alicyclic amines) is 1. The quantitative estimate of drug-likeness (QED) is 0.764. The minimum atomic E-state index is 0.243. The van der Waals surface area contributed by atoms with Crippen molar-refractivity contribution in [2.75, 3.05) is 45.8 Å². The van der Waals surface area contributed by atoms with Gasteiger partial charge in [-0.25, -0.2) is 0 Å². The maximum absolute atomic E-state index is 12.5. The summed E-state index contributed by atoms with van der Waals surface area (Å²) in [5.41, 5.74) is 1.40. The molecule has 0 bridgehead atoms. The van der Waals surface area contributed by atoms with E-state index in [1.165, 1.54) is 5.56 Å². The maximum Gasteiger partial charge on any atom is 0.236 e. The lowest BCUT2D eigenvalue weighted by Gasteiger charge is -2.36. The van der Waals surface area contributed by atoms with Crippen molar-refractivity contribution in [2.45, 2.75) is 19.3 Å². The number of carbonyl (C=O) groups is 2. The number of carbonyl (C=O) groups excluding carboxylic acids is 2. The van der Waals surface area contributed by atoms with Crippen LogP contribution >= 0.6 is 0 Å². The average Bonchev–Trinajstić information content (AvgIpc) is 2.64. The highest BCUT2D eigenvalue weighted by Crippen LogP contribution is 2.21. The Bertz CT molecular complexity index is 533. The summed E-state index contributed by atoms with van der Waals surface area (Å²) in [7, 11) is 0. The van der Waals surface area contributed by atoms with Crippen molar-refractivity contribution in [3.63, 3.8) is 0 Å². The molecule has 0 saturated carbocycles. The molecule has 1 aromatic rings. The lowest BCUT2D eigenvalue weighted by Crippen LogP contribution is -2.50. The smallest absolute Gasteiger partial charge is 0.236 e. The van der Waals surface area contributed by atoms with Gasteiger partial charge in [-0.15, -0.1) is 0 Å². The predicted octanol–water partition coefficient (Wildman–Crippen LogP) is 1.24. The fourth-order valence-electron chi connectivity index (χ4n) is 3.65. The molecule has 130 valence electrons. The summed E-state index contributed by atoms with van der Waals surface area (Å²) in [5, 5.41) is 0. The number of benzene rings is 1. The minimum Gasteiger partial charge on any atom is -0.343 e. The summed E-state index contributed by atoms with van der Waals surface area (Å²) < 4.78 is 0. The predicted molar refractivity (Wildman–Crippen MR) is 93.5 cm³/mol. The number of piperazine rings is 1. The first kappa shape index (κ1) is 17.0. The van der Waals surface area contributed by atoms with E-state index in [1.807, 2.05) is 4.90 Å². The molecule has 3 rings (SSSR count).